The number of hydrogen-bond acceptors (Lipinski definition) is 4. The van der Waals surface area contributed by atoms with Gasteiger partial charge in [-0.2, -0.15) is 5.26 Å². The first-order valence-corrected chi connectivity index (χ1v) is 10.6. The second-order valence-electron chi connectivity index (χ2n) is 7.48. The van der Waals surface area contributed by atoms with Crippen molar-refractivity contribution in [2.75, 3.05) is 0 Å². The first kappa shape index (κ1) is 22.4. The van der Waals surface area contributed by atoms with E-state index < -0.39 is 23.7 Å². The van der Waals surface area contributed by atoms with Gasteiger partial charge in [-0.25, -0.2) is 8.78 Å². The number of ether oxygens (including phenoxy) is 2. The van der Waals surface area contributed by atoms with Crippen molar-refractivity contribution in [3.8, 4) is 17.6 Å². The van der Waals surface area contributed by atoms with E-state index in [9.17, 15) is 18.8 Å². The molecule has 0 amide bonds. The normalized spacial score (nSPS) is 19.9. The maximum absolute atomic E-state index is 13.8. The van der Waals surface area contributed by atoms with E-state index in [1.54, 1.807) is 18.2 Å². The summed E-state index contributed by atoms with van der Waals surface area (Å²) in [5, 5.41) is 9.53. The highest BCUT2D eigenvalue weighted by Crippen LogP contribution is 2.60. The summed E-state index contributed by atoms with van der Waals surface area (Å²) in [7, 11) is 0. The predicted octanol–water partition coefficient (Wildman–Crippen LogP) is 6.77. The fraction of sp³-hybridized carbons (Fsp3) is 0.273. The van der Waals surface area contributed by atoms with Gasteiger partial charge in [0.1, 0.15) is 17.6 Å². The van der Waals surface area contributed by atoms with Gasteiger partial charge in [-0.15, -0.1) is 0 Å². The number of rotatable bonds is 6. The topological polar surface area (TPSA) is 59.3 Å². The van der Waals surface area contributed by atoms with Crippen LogP contribution in [0, 0.1) is 40.2 Å². The third kappa shape index (κ3) is 4.90. The Morgan fingerprint density at radius 3 is 2.60 bits per heavy atom. The van der Waals surface area contributed by atoms with Crippen molar-refractivity contribution >= 4 is 37.8 Å². The zero-order valence-electron chi connectivity index (χ0n) is 16.0. The lowest BCUT2D eigenvalue weighted by molar-refractivity contribution is -0.149. The minimum absolute atomic E-state index is 0.0192. The van der Waals surface area contributed by atoms with Gasteiger partial charge in [0.25, 0.3) is 0 Å². The second kappa shape index (κ2) is 8.86. The Bertz CT molecular complexity index is 1040. The minimum Gasteiger partial charge on any atom is -0.454 e. The standard InChI is InChI=1S/C22H17Br2F2NO3/c1-22(2)15(10-19(23)24)20(22)21(28)30-18(11-27)12-4-3-5-14(8-12)29-17-7-6-13(25)9-16(17)26/h3-10,15,18,20H,1-2H3/t15-,18?,20-/m0/s1. The largest absolute Gasteiger partial charge is 0.454 e. The number of benzene rings is 2. The SMILES string of the molecule is CC1(C)[C@H](C(=O)OC(C#N)c2cccc(Oc3ccc(F)cc3F)c2)[C@@H]1C=C(Br)Br. The van der Waals surface area contributed by atoms with Crippen LogP contribution in [0.2, 0.25) is 0 Å². The van der Waals surface area contributed by atoms with Crippen LogP contribution in [0.4, 0.5) is 8.78 Å². The molecule has 0 N–H and O–H groups in total. The van der Waals surface area contributed by atoms with E-state index in [2.05, 4.69) is 31.9 Å². The summed E-state index contributed by atoms with van der Waals surface area (Å²) >= 11 is 6.60. The molecule has 2 aromatic rings. The fourth-order valence-corrected chi connectivity index (χ4v) is 3.93. The molecule has 1 saturated carbocycles. The summed E-state index contributed by atoms with van der Waals surface area (Å²) in [6, 6.07) is 11.2. The van der Waals surface area contributed by atoms with Crippen LogP contribution in [-0.2, 0) is 9.53 Å². The van der Waals surface area contributed by atoms with E-state index in [1.165, 1.54) is 12.1 Å². The van der Waals surface area contributed by atoms with Crippen molar-refractivity contribution in [2.45, 2.75) is 20.0 Å². The van der Waals surface area contributed by atoms with Gasteiger partial charge in [-0.1, -0.05) is 32.1 Å². The lowest BCUT2D eigenvalue weighted by Crippen LogP contribution is -2.14. The molecule has 0 radical (unpaired) electrons. The molecule has 30 heavy (non-hydrogen) atoms. The van der Waals surface area contributed by atoms with E-state index in [1.807, 2.05) is 26.0 Å². The number of nitriles is 1. The molecule has 0 bridgehead atoms. The highest BCUT2D eigenvalue weighted by molar-refractivity contribution is 9.28. The number of hydrogen-bond donors (Lipinski definition) is 0. The Morgan fingerprint density at radius 2 is 1.97 bits per heavy atom. The summed E-state index contributed by atoms with van der Waals surface area (Å²) in [5.41, 5.74) is 0.104. The van der Waals surface area contributed by atoms with Crippen LogP contribution in [0.1, 0.15) is 25.5 Å². The van der Waals surface area contributed by atoms with Gasteiger partial charge in [-0.05, 0) is 67.5 Å². The average molecular weight is 541 g/mol. The van der Waals surface area contributed by atoms with Crippen molar-refractivity contribution in [1.82, 2.24) is 0 Å². The number of halogens is 4. The first-order chi connectivity index (χ1) is 14.1. The predicted molar refractivity (Wildman–Crippen MR) is 114 cm³/mol. The van der Waals surface area contributed by atoms with E-state index >= 15 is 0 Å². The summed E-state index contributed by atoms with van der Waals surface area (Å²) in [6.07, 6.45) is 0.742. The molecule has 1 unspecified atom stereocenters. The third-order valence-electron chi connectivity index (χ3n) is 5.10. The molecule has 1 aliphatic carbocycles. The highest BCUT2D eigenvalue weighted by atomic mass is 79.9. The maximum Gasteiger partial charge on any atom is 0.311 e. The Labute approximate surface area is 189 Å². The number of allylic oxidation sites excluding steroid dienone is 1. The third-order valence-corrected chi connectivity index (χ3v) is 5.63. The second-order valence-corrected chi connectivity index (χ2v) is 10.2. The van der Waals surface area contributed by atoms with Crippen LogP contribution in [0.25, 0.3) is 0 Å². The molecule has 8 heteroatoms. The summed E-state index contributed by atoms with van der Waals surface area (Å²) in [5.74, 6) is -2.35. The van der Waals surface area contributed by atoms with Gasteiger partial charge >= 0.3 is 5.97 Å². The average Bonchev–Trinajstić information content (AvgIpc) is 3.21. The zero-order chi connectivity index (χ0) is 22.1. The number of nitrogens with zero attached hydrogens (tertiary/aromatic N) is 1. The Hall–Kier alpha value is -2.24. The van der Waals surface area contributed by atoms with Crippen LogP contribution in [-0.4, -0.2) is 5.97 Å². The quantitative estimate of drug-likeness (QED) is 0.379. The number of carbonyl (C=O) groups is 1. The monoisotopic (exact) mass is 539 g/mol. The van der Waals surface area contributed by atoms with Gasteiger partial charge in [-0.3, -0.25) is 4.79 Å². The first-order valence-electron chi connectivity index (χ1n) is 8.99. The molecular weight excluding hydrogens is 524 g/mol. The number of carbonyl (C=O) groups excluding carboxylic acids is 1. The Kier molecular flexibility index (Phi) is 6.63. The van der Waals surface area contributed by atoms with Gasteiger partial charge < -0.3 is 9.47 Å². The summed E-state index contributed by atoms with van der Waals surface area (Å²) in [4.78, 5) is 12.7. The van der Waals surface area contributed by atoms with E-state index in [0.717, 1.165) is 9.46 Å². The molecule has 0 aliphatic heterocycles. The molecule has 1 fully saturated rings. The summed E-state index contributed by atoms with van der Waals surface area (Å²) in [6.45, 7) is 3.91. The van der Waals surface area contributed by atoms with Crippen molar-refractivity contribution in [3.63, 3.8) is 0 Å². The molecule has 4 nitrogen and oxygen atoms in total. The highest BCUT2D eigenvalue weighted by Gasteiger charge is 2.61. The van der Waals surface area contributed by atoms with Gasteiger partial charge in [0.05, 0.1) is 9.31 Å². The lowest BCUT2D eigenvalue weighted by atomic mass is 10.1. The van der Waals surface area contributed by atoms with Crippen molar-refractivity contribution < 1.29 is 23.0 Å². The fourth-order valence-electron chi connectivity index (χ4n) is 3.36. The maximum atomic E-state index is 13.8. The van der Waals surface area contributed by atoms with Crippen LogP contribution in [0.15, 0.2) is 51.9 Å². The van der Waals surface area contributed by atoms with E-state index in [4.69, 9.17) is 9.47 Å². The van der Waals surface area contributed by atoms with Gasteiger partial charge in [0.15, 0.2) is 11.6 Å². The smallest absolute Gasteiger partial charge is 0.311 e. The zero-order valence-corrected chi connectivity index (χ0v) is 19.2. The van der Waals surface area contributed by atoms with Crippen LogP contribution in [0.3, 0.4) is 0 Å². The molecule has 3 atom stereocenters. The lowest BCUT2D eigenvalue weighted by Gasteiger charge is -2.14. The Balaban J connectivity index is 1.75. The van der Waals surface area contributed by atoms with Crippen LogP contribution in [0.5, 0.6) is 11.5 Å². The Morgan fingerprint density at radius 1 is 1.23 bits per heavy atom. The molecule has 0 aromatic heterocycles. The van der Waals surface area contributed by atoms with Gasteiger partial charge in [0.2, 0.25) is 6.10 Å². The van der Waals surface area contributed by atoms with E-state index in [-0.39, 0.29) is 28.7 Å². The molecule has 156 valence electrons. The van der Waals surface area contributed by atoms with E-state index in [0.29, 0.717) is 11.6 Å². The molecule has 0 spiro atoms. The summed E-state index contributed by atoms with van der Waals surface area (Å²) < 4.78 is 38.5. The number of esters is 1. The van der Waals surface area contributed by atoms with Crippen LogP contribution >= 0.6 is 31.9 Å². The van der Waals surface area contributed by atoms with Gasteiger partial charge in [0, 0.05) is 11.6 Å². The molecule has 1 aliphatic rings. The van der Waals surface area contributed by atoms with Crippen LogP contribution < -0.4 is 4.74 Å². The van der Waals surface area contributed by atoms with Crippen molar-refractivity contribution in [2.24, 2.45) is 17.3 Å². The molecule has 0 saturated heterocycles. The molecular formula is C22H17Br2F2NO3. The minimum atomic E-state index is -1.15. The van der Waals surface area contributed by atoms with Crippen molar-refractivity contribution in [3.05, 3.63) is 69.1 Å². The molecule has 3 rings (SSSR count). The molecule has 2 aromatic carbocycles. The van der Waals surface area contributed by atoms with Crippen molar-refractivity contribution in [1.29, 1.82) is 5.26 Å². The molecule has 0 heterocycles.